The maximum Gasteiger partial charge on any atom is 0.305 e. The van der Waals surface area contributed by atoms with Crippen molar-refractivity contribution in [2.45, 2.75) is 39.7 Å². The van der Waals surface area contributed by atoms with Crippen LogP contribution in [0.15, 0.2) is 18.2 Å². The first-order chi connectivity index (χ1) is 15.9. The number of amides is 1. The fourth-order valence-corrected chi connectivity index (χ4v) is 4.61. The Morgan fingerprint density at radius 1 is 1.12 bits per heavy atom. The molecule has 0 aliphatic carbocycles. The molecule has 8 heteroatoms. The largest absolute Gasteiger partial charge is 0.496 e. The molecule has 1 aromatic carbocycles. The van der Waals surface area contributed by atoms with E-state index < -0.39 is 5.91 Å². The Bertz CT molecular complexity index is 992. The van der Waals surface area contributed by atoms with E-state index in [0.717, 1.165) is 79.6 Å². The number of rotatable bonds is 10. The number of primary amides is 1. The minimum Gasteiger partial charge on any atom is -0.496 e. The summed E-state index contributed by atoms with van der Waals surface area (Å²) in [4.78, 5) is 26.9. The number of aryl methyl sites for hydroxylation is 1. The molecule has 2 N–H and O–H groups in total. The predicted octanol–water partition coefficient (Wildman–Crippen LogP) is 2.71. The minimum atomic E-state index is -0.470. The van der Waals surface area contributed by atoms with Gasteiger partial charge in [0, 0.05) is 43.1 Å². The lowest BCUT2D eigenvalue weighted by Crippen LogP contribution is -2.37. The van der Waals surface area contributed by atoms with Gasteiger partial charge in [0.15, 0.2) is 0 Å². The third-order valence-electron chi connectivity index (χ3n) is 6.31. The molecule has 1 aliphatic heterocycles. The number of hydrogen-bond acceptors (Lipinski definition) is 6. The number of morpholine rings is 1. The van der Waals surface area contributed by atoms with Gasteiger partial charge in [0.1, 0.15) is 5.75 Å². The highest BCUT2D eigenvalue weighted by Gasteiger charge is 2.25. The van der Waals surface area contributed by atoms with Gasteiger partial charge >= 0.3 is 5.97 Å². The summed E-state index contributed by atoms with van der Waals surface area (Å²) >= 11 is 0. The van der Waals surface area contributed by atoms with Gasteiger partial charge in [-0.2, -0.15) is 0 Å². The number of nitrogens with two attached hydrogens (primary N) is 1. The van der Waals surface area contributed by atoms with Gasteiger partial charge in [-0.1, -0.05) is 6.07 Å². The van der Waals surface area contributed by atoms with Gasteiger partial charge in [-0.3, -0.25) is 14.5 Å². The Hall–Kier alpha value is -2.84. The monoisotopic (exact) mass is 457 g/mol. The highest BCUT2D eigenvalue weighted by atomic mass is 16.5. The number of carbonyl (C=O) groups excluding carboxylic acids is 2. The van der Waals surface area contributed by atoms with Crippen molar-refractivity contribution in [1.29, 1.82) is 0 Å². The molecule has 180 valence electrons. The summed E-state index contributed by atoms with van der Waals surface area (Å²) in [6.07, 6.45) is 1.60. The Labute approximate surface area is 195 Å². The molecule has 1 amide bonds. The predicted molar refractivity (Wildman–Crippen MR) is 127 cm³/mol. The summed E-state index contributed by atoms with van der Waals surface area (Å²) < 4.78 is 17.9. The molecule has 0 saturated carbocycles. The lowest BCUT2D eigenvalue weighted by atomic mass is 9.96. The highest BCUT2D eigenvalue weighted by molar-refractivity contribution is 6.02. The molecule has 3 rings (SSSR count). The van der Waals surface area contributed by atoms with E-state index in [1.807, 2.05) is 32.0 Å². The second-order valence-corrected chi connectivity index (χ2v) is 8.37. The number of methoxy groups -OCH3 is 2. The van der Waals surface area contributed by atoms with Gasteiger partial charge in [-0.05, 0) is 49.9 Å². The lowest BCUT2D eigenvalue weighted by molar-refractivity contribution is -0.140. The SMILES string of the molecule is COC(=O)CCc1c(-c2ccc(OC)c(C)c2)c(C(N)=O)c(C)n1CCCN1CCOCC1. The van der Waals surface area contributed by atoms with Crippen molar-refractivity contribution in [3.8, 4) is 16.9 Å². The zero-order valence-electron chi connectivity index (χ0n) is 20.1. The first-order valence-electron chi connectivity index (χ1n) is 11.4. The van der Waals surface area contributed by atoms with Crippen LogP contribution >= 0.6 is 0 Å². The first kappa shape index (κ1) is 24.8. The molecular formula is C25H35N3O5. The van der Waals surface area contributed by atoms with Crippen LogP contribution in [-0.4, -0.2) is 68.4 Å². The van der Waals surface area contributed by atoms with Crippen molar-refractivity contribution in [3.05, 3.63) is 40.7 Å². The number of nitrogens with zero attached hydrogens (tertiary/aromatic N) is 2. The molecule has 0 spiro atoms. The summed E-state index contributed by atoms with van der Waals surface area (Å²) in [7, 11) is 3.02. The molecule has 2 heterocycles. The van der Waals surface area contributed by atoms with Gasteiger partial charge in [0.2, 0.25) is 0 Å². The number of hydrogen-bond donors (Lipinski definition) is 1. The van der Waals surface area contributed by atoms with Crippen molar-refractivity contribution >= 4 is 11.9 Å². The number of carbonyl (C=O) groups is 2. The van der Waals surface area contributed by atoms with Crippen LogP contribution in [0.5, 0.6) is 5.75 Å². The van der Waals surface area contributed by atoms with E-state index >= 15 is 0 Å². The quantitative estimate of drug-likeness (QED) is 0.551. The zero-order valence-corrected chi connectivity index (χ0v) is 20.1. The smallest absolute Gasteiger partial charge is 0.305 e. The van der Waals surface area contributed by atoms with Crippen LogP contribution in [0.25, 0.3) is 11.1 Å². The standard InChI is InChI=1S/C25H35N3O5/c1-17-16-19(6-8-21(17)31-3)24-20(7-9-22(29)32-4)28(18(2)23(24)25(26)30)11-5-10-27-12-14-33-15-13-27/h6,8,16H,5,7,9-15H2,1-4H3,(H2,26,30). The van der Waals surface area contributed by atoms with E-state index in [9.17, 15) is 9.59 Å². The Kier molecular flexibility index (Phi) is 8.52. The lowest BCUT2D eigenvalue weighted by Gasteiger charge is -2.26. The second kappa shape index (κ2) is 11.3. The molecule has 2 aromatic rings. The normalized spacial score (nSPS) is 14.3. The van der Waals surface area contributed by atoms with Crippen molar-refractivity contribution in [1.82, 2.24) is 9.47 Å². The summed E-state index contributed by atoms with van der Waals surface area (Å²) in [5.41, 5.74) is 10.8. The highest BCUT2D eigenvalue weighted by Crippen LogP contribution is 2.36. The Balaban J connectivity index is 2.01. The van der Waals surface area contributed by atoms with Gasteiger partial charge < -0.3 is 24.5 Å². The maximum absolute atomic E-state index is 12.6. The molecule has 33 heavy (non-hydrogen) atoms. The third kappa shape index (κ3) is 5.75. The fourth-order valence-electron chi connectivity index (χ4n) is 4.61. The van der Waals surface area contributed by atoms with Gasteiger partial charge in [0.05, 0.1) is 39.4 Å². The molecule has 1 saturated heterocycles. The van der Waals surface area contributed by atoms with E-state index in [4.69, 9.17) is 19.9 Å². The average molecular weight is 458 g/mol. The molecule has 1 aliphatic rings. The van der Waals surface area contributed by atoms with E-state index in [1.165, 1.54) is 7.11 Å². The van der Waals surface area contributed by atoms with Crippen molar-refractivity contribution < 1.29 is 23.8 Å². The minimum absolute atomic E-state index is 0.226. The maximum atomic E-state index is 12.6. The number of benzene rings is 1. The van der Waals surface area contributed by atoms with E-state index in [-0.39, 0.29) is 12.4 Å². The van der Waals surface area contributed by atoms with Crippen LogP contribution in [0.4, 0.5) is 0 Å². The van der Waals surface area contributed by atoms with E-state index in [0.29, 0.717) is 12.0 Å². The molecule has 1 aromatic heterocycles. The average Bonchev–Trinajstić information content (AvgIpc) is 3.09. The molecule has 0 atom stereocenters. The first-order valence-corrected chi connectivity index (χ1v) is 11.4. The van der Waals surface area contributed by atoms with Crippen LogP contribution in [0.3, 0.4) is 0 Å². The molecule has 1 fully saturated rings. The molecular weight excluding hydrogens is 422 g/mol. The van der Waals surface area contributed by atoms with Crippen molar-refractivity contribution in [2.24, 2.45) is 5.73 Å². The Morgan fingerprint density at radius 3 is 2.45 bits per heavy atom. The van der Waals surface area contributed by atoms with E-state index in [1.54, 1.807) is 7.11 Å². The van der Waals surface area contributed by atoms with Crippen LogP contribution in [0.1, 0.15) is 40.2 Å². The summed E-state index contributed by atoms with van der Waals surface area (Å²) in [5, 5.41) is 0. The fraction of sp³-hybridized carbons (Fsp3) is 0.520. The molecule has 0 radical (unpaired) electrons. The number of ether oxygens (including phenoxy) is 3. The third-order valence-corrected chi connectivity index (χ3v) is 6.31. The van der Waals surface area contributed by atoms with Crippen molar-refractivity contribution in [2.75, 3.05) is 47.1 Å². The van der Waals surface area contributed by atoms with Crippen LogP contribution in [0, 0.1) is 13.8 Å². The van der Waals surface area contributed by atoms with Gasteiger partial charge in [-0.15, -0.1) is 0 Å². The molecule has 0 unspecified atom stereocenters. The van der Waals surface area contributed by atoms with E-state index in [2.05, 4.69) is 9.47 Å². The summed E-state index contributed by atoms with van der Waals surface area (Å²) in [6.45, 7) is 8.96. The summed E-state index contributed by atoms with van der Waals surface area (Å²) in [6, 6.07) is 5.83. The van der Waals surface area contributed by atoms with Crippen LogP contribution in [-0.2, 0) is 27.2 Å². The van der Waals surface area contributed by atoms with Gasteiger partial charge in [0.25, 0.3) is 5.91 Å². The Morgan fingerprint density at radius 2 is 1.85 bits per heavy atom. The topological polar surface area (TPSA) is 96.0 Å². The van der Waals surface area contributed by atoms with Crippen LogP contribution < -0.4 is 10.5 Å². The second-order valence-electron chi connectivity index (χ2n) is 8.37. The zero-order chi connectivity index (χ0) is 24.0. The summed E-state index contributed by atoms with van der Waals surface area (Å²) in [5.74, 6) is 0.0191. The number of aromatic nitrogens is 1. The van der Waals surface area contributed by atoms with Crippen LogP contribution in [0.2, 0.25) is 0 Å². The van der Waals surface area contributed by atoms with Gasteiger partial charge in [-0.25, -0.2) is 0 Å². The molecule has 8 nitrogen and oxygen atoms in total. The molecule has 0 bridgehead atoms. The van der Waals surface area contributed by atoms with Crippen molar-refractivity contribution in [3.63, 3.8) is 0 Å². The number of esters is 1.